The molecule has 1 aromatic rings. The second-order valence-electron chi connectivity index (χ2n) is 3.33. The number of carbonyl (C=O) groups is 1. The van der Waals surface area contributed by atoms with Crippen molar-refractivity contribution in [3.8, 4) is 0 Å². The van der Waals surface area contributed by atoms with Crippen molar-refractivity contribution in [2.45, 2.75) is 6.04 Å². The number of halogens is 2. The Kier molecular flexibility index (Phi) is 3.51. The standard InChI is InChI=1S/C10H8Cl2N2O3/c11-5-2-1-3-6(12)8(5)10-13-7(4-17-10)9(15)14-16/h1-3,7,16H,4H2,(H,14,15). The number of nitrogens with zero attached hydrogens (tertiary/aromatic N) is 1. The molecule has 2 N–H and O–H groups in total. The first-order valence-corrected chi connectivity index (χ1v) is 5.48. The zero-order valence-electron chi connectivity index (χ0n) is 8.48. The molecule has 1 aromatic carbocycles. The minimum absolute atomic E-state index is 0.0449. The fourth-order valence-corrected chi connectivity index (χ4v) is 1.98. The highest BCUT2D eigenvalue weighted by atomic mass is 35.5. The highest BCUT2D eigenvalue weighted by Gasteiger charge is 2.28. The molecule has 1 heterocycles. The Morgan fingerprint density at radius 2 is 2.12 bits per heavy atom. The molecule has 17 heavy (non-hydrogen) atoms. The summed E-state index contributed by atoms with van der Waals surface area (Å²) in [7, 11) is 0. The lowest BCUT2D eigenvalue weighted by molar-refractivity contribution is -0.130. The van der Waals surface area contributed by atoms with Gasteiger partial charge in [0, 0.05) is 0 Å². The van der Waals surface area contributed by atoms with Crippen molar-refractivity contribution in [1.82, 2.24) is 5.48 Å². The zero-order chi connectivity index (χ0) is 12.4. The van der Waals surface area contributed by atoms with Crippen molar-refractivity contribution in [3.63, 3.8) is 0 Å². The number of hydrogen-bond acceptors (Lipinski definition) is 4. The third-order valence-electron chi connectivity index (χ3n) is 2.24. The molecule has 7 heteroatoms. The maximum Gasteiger partial charge on any atom is 0.271 e. The predicted octanol–water partition coefficient (Wildman–Crippen LogP) is 1.64. The van der Waals surface area contributed by atoms with Crippen LogP contribution in [0, 0.1) is 0 Å². The predicted molar refractivity (Wildman–Crippen MR) is 62.7 cm³/mol. The number of benzene rings is 1. The summed E-state index contributed by atoms with van der Waals surface area (Å²) < 4.78 is 5.25. The molecule has 0 fully saturated rings. The average Bonchev–Trinajstić information content (AvgIpc) is 2.77. The van der Waals surface area contributed by atoms with Crippen LogP contribution in [-0.2, 0) is 9.53 Å². The van der Waals surface area contributed by atoms with E-state index < -0.39 is 11.9 Å². The van der Waals surface area contributed by atoms with Crippen molar-refractivity contribution in [2.75, 3.05) is 6.61 Å². The molecule has 0 radical (unpaired) electrons. The Morgan fingerprint density at radius 1 is 1.47 bits per heavy atom. The van der Waals surface area contributed by atoms with E-state index in [-0.39, 0.29) is 12.5 Å². The number of aliphatic imine (C=N–C) groups is 1. The molecule has 0 bridgehead atoms. The molecule has 0 spiro atoms. The van der Waals surface area contributed by atoms with Gasteiger partial charge < -0.3 is 4.74 Å². The lowest BCUT2D eigenvalue weighted by Crippen LogP contribution is -2.31. The van der Waals surface area contributed by atoms with Crippen molar-refractivity contribution < 1.29 is 14.7 Å². The summed E-state index contributed by atoms with van der Waals surface area (Å²) in [5.41, 5.74) is 1.96. The fourth-order valence-electron chi connectivity index (χ4n) is 1.42. The van der Waals surface area contributed by atoms with E-state index in [0.717, 1.165) is 0 Å². The molecule has 1 unspecified atom stereocenters. The number of carbonyl (C=O) groups excluding carboxylic acids is 1. The number of rotatable bonds is 2. The molecular weight excluding hydrogens is 267 g/mol. The number of amides is 1. The highest BCUT2D eigenvalue weighted by Crippen LogP contribution is 2.27. The summed E-state index contributed by atoms with van der Waals surface area (Å²) in [5, 5.41) is 9.26. The molecule has 90 valence electrons. The van der Waals surface area contributed by atoms with Crippen molar-refractivity contribution in [1.29, 1.82) is 0 Å². The normalized spacial score (nSPS) is 18.5. The lowest BCUT2D eigenvalue weighted by atomic mass is 10.2. The molecule has 0 saturated heterocycles. The first kappa shape index (κ1) is 12.2. The zero-order valence-corrected chi connectivity index (χ0v) is 10.00. The van der Waals surface area contributed by atoms with Gasteiger partial charge in [0.1, 0.15) is 6.61 Å². The van der Waals surface area contributed by atoms with Gasteiger partial charge in [-0.1, -0.05) is 29.3 Å². The van der Waals surface area contributed by atoms with E-state index in [1.54, 1.807) is 18.2 Å². The van der Waals surface area contributed by atoms with Crippen LogP contribution in [0.4, 0.5) is 0 Å². The third kappa shape index (κ3) is 2.36. The Labute approximate surface area is 107 Å². The van der Waals surface area contributed by atoms with E-state index in [1.165, 1.54) is 5.48 Å². The van der Waals surface area contributed by atoms with Crippen LogP contribution >= 0.6 is 23.2 Å². The Balaban J connectivity index is 2.33. The molecular formula is C10H8Cl2N2O3. The van der Waals surface area contributed by atoms with Gasteiger partial charge in [-0.2, -0.15) is 0 Å². The van der Waals surface area contributed by atoms with Gasteiger partial charge in [0.25, 0.3) is 5.91 Å². The van der Waals surface area contributed by atoms with Crippen molar-refractivity contribution in [3.05, 3.63) is 33.8 Å². The maximum absolute atomic E-state index is 11.1. The number of hydrogen-bond donors (Lipinski definition) is 2. The molecule has 5 nitrogen and oxygen atoms in total. The second-order valence-corrected chi connectivity index (χ2v) is 4.15. The van der Waals surface area contributed by atoms with Gasteiger partial charge >= 0.3 is 0 Å². The quantitative estimate of drug-likeness (QED) is 0.636. The van der Waals surface area contributed by atoms with Crippen LogP contribution in [0.2, 0.25) is 10.0 Å². The Hall–Kier alpha value is -1.30. The minimum Gasteiger partial charge on any atom is -0.475 e. The van der Waals surface area contributed by atoms with E-state index >= 15 is 0 Å². The highest BCUT2D eigenvalue weighted by molar-refractivity contribution is 6.39. The van der Waals surface area contributed by atoms with Crippen LogP contribution < -0.4 is 5.48 Å². The van der Waals surface area contributed by atoms with Gasteiger partial charge in [-0.3, -0.25) is 10.0 Å². The summed E-state index contributed by atoms with van der Waals surface area (Å²) in [5.74, 6) is -0.433. The first-order valence-electron chi connectivity index (χ1n) is 4.72. The lowest BCUT2D eigenvalue weighted by Gasteiger charge is -2.05. The van der Waals surface area contributed by atoms with Crippen LogP contribution in [0.1, 0.15) is 5.56 Å². The van der Waals surface area contributed by atoms with Gasteiger partial charge in [-0.25, -0.2) is 10.5 Å². The molecule has 1 aliphatic heterocycles. The smallest absolute Gasteiger partial charge is 0.271 e. The van der Waals surface area contributed by atoms with Crippen LogP contribution in [0.25, 0.3) is 0 Å². The summed E-state index contributed by atoms with van der Waals surface area (Å²) in [6.45, 7) is 0.0449. The molecule has 2 rings (SSSR count). The average molecular weight is 275 g/mol. The van der Waals surface area contributed by atoms with E-state index in [4.69, 9.17) is 33.1 Å². The van der Waals surface area contributed by atoms with Gasteiger partial charge in [-0.15, -0.1) is 0 Å². The maximum atomic E-state index is 11.1. The molecule has 0 saturated carbocycles. The molecule has 1 amide bonds. The molecule has 1 aliphatic rings. The Bertz CT molecular complexity index is 470. The molecule has 1 atom stereocenters. The van der Waals surface area contributed by atoms with Crippen molar-refractivity contribution >= 4 is 35.0 Å². The third-order valence-corrected chi connectivity index (χ3v) is 2.87. The van der Waals surface area contributed by atoms with E-state index in [0.29, 0.717) is 15.6 Å². The van der Waals surface area contributed by atoms with Crippen LogP contribution in [0.15, 0.2) is 23.2 Å². The summed E-state index contributed by atoms with van der Waals surface area (Å²) in [4.78, 5) is 15.2. The van der Waals surface area contributed by atoms with E-state index in [2.05, 4.69) is 4.99 Å². The van der Waals surface area contributed by atoms with Crippen LogP contribution in [-0.4, -0.2) is 29.7 Å². The van der Waals surface area contributed by atoms with Gasteiger partial charge in [0.05, 0.1) is 15.6 Å². The number of nitrogens with one attached hydrogen (secondary N) is 1. The monoisotopic (exact) mass is 274 g/mol. The summed E-state index contributed by atoms with van der Waals surface area (Å²) >= 11 is 12.0. The summed E-state index contributed by atoms with van der Waals surface area (Å²) in [6, 6.07) is 4.20. The largest absolute Gasteiger partial charge is 0.475 e. The Morgan fingerprint density at radius 3 is 2.71 bits per heavy atom. The van der Waals surface area contributed by atoms with Crippen molar-refractivity contribution in [2.24, 2.45) is 4.99 Å². The SMILES string of the molecule is O=C(NO)C1COC(c2c(Cl)cccc2Cl)=N1. The van der Waals surface area contributed by atoms with E-state index in [1.807, 2.05) is 0 Å². The van der Waals surface area contributed by atoms with Crippen LogP contribution in [0.3, 0.4) is 0 Å². The fraction of sp³-hybridized carbons (Fsp3) is 0.200. The summed E-state index contributed by atoms with van der Waals surface area (Å²) in [6.07, 6.45) is 0. The number of ether oxygens (including phenoxy) is 1. The molecule has 0 aliphatic carbocycles. The topological polar surface area (TPSA) is 70.9 Å². The minimum atomic E-state index is -0.790. The van der Waals surface area contributed by atoms with Gasteiger partial charge in [0.15, 0.2) is 6.04 Å². The first-order chi connectivity index (χ1) is 8.13. The second kappa shape index (κ2) is 4.91. The van der Waals surface area contributed by atoms with E-state index in [9.17, 15) is 4.79 Å². The van der Waals surface area contributed by atoms with Crippen LogP contribution in [0.5, 0.6) is 0 Å². The molecule has 0 aromatic heterocycles. The van der Waals surface area contributed by atoms with Gasteiger partial charge in [0.2, 0.25) is 5.90 Å². The number of hydroxylamine groups is 1. The van der Waals surface area contributed by atoms with Gasteiger partial charge in [-0.05, 0) is 12.1 Å².